The molecular weight excluding hydrogens is 532 g/mol. The maximum atomic E-state index is 13.9. The number of imidazole rings is 2. The van der Waals surface area contributed by atoms with Crippen molar-refractivity contribution in [2.24, 2.45) is 0 Å². The van der Waals surface area contributed by atoms with Gasteiger partial charge in [-0.1, -0.05) is 60.5 Å². The zero-order valence-electron chi connectivity index (χ0n) is 20.2. The summed E-state index contributed by atoms with van der Waals surface area (Å²) in [6, 6.07) is 20.1. The highest BCUT2D eigenvalue weighted by Gasteiger charge is 2.34. The number of rotatable bonds is 6. The number of hydrogen-bond donors (Lipinski definition) is 2. The predicted octanol–water partition coefficient (Wildman–Crippen LogP) is 5.70. The fraction of sp³-hybridized carbons (Fsp3) is 0.111. The molecule has 0 amide bonds. The van der Waals surface area contributed by atoms with Gasteiger partial charge in [0.1, 0.15) is 12.2 Å². The van der Waals surface area contributed by atoms with Crippen molar-refractivity contribution in [2.75, 3.05) is 6.26 Å². The van der Waals surface area contributed by atoms with E-state index in [-0.39, 0.29) is 18.0 Å². The highest BCUT2D eigenvalue weighted by molar-refractivity contribution is 8.44. The summed E-state index contributed by atoms with van der Waals surface area (Å²) in [5.41, 5.74) is 1.90. The minimum atomic E-state index is -4.57. The SMILES string of the molecule is C[SH](=O)(P)c1cccc(-c2ccc(-n3cc(-n4cnc(CO)c4)nc3-c3ccccc3C(F)(F)F)cc2)c1. The zero-order chi connectivity index (χ0) is 27.1. The van der Waals surface area contributed by atoms with Crippen molar-refractivity contribution < 1.29 is 22.5 Å². The molecule has 1 N–H and O–H groups in total. The first kappa shape index (κ1) is 26.0. The van der Waals surface area contributed by atoms with E-state index in [4.69, 9.17) is 0 Å². The molecule has 2 heterocycles. The Labute approximate surface area is 220 Å². The average Bonchev–Trinajstić information content (AvgIpc) is 3.55. The number of thiol groups is 1. The number of aliphatic hydroxyl groups is 1. The summed E-state index contributed by atoms with van der Waals surface area (Å²) in [7, 11) is -0.117. The Hall–Kier alpha value is -3.59. The molecule has 0 saturated heterocycles. The van der Waals surface area contributed by atoms with Crippen molar-refractivity contribution in [1.29, 1.82) is 0 Å². The standard InChI is InChI=1S/C27H24F3N4O2PS/c1-38(36,37)22-6-4-5-19(13-22)18-9-11-21(12-10-18)34-15-25(33-14-20(16-35)31-17-33)32-26(34)23-7-2-3-8-24(23)27(28,29)30/h2-15,17,35,38H,16,37H2,1H3. The van der Waals surface area contributed by atoms with Crippen LogP contribution in [0.1, 0.15) is 11.3 Å². The highest BCUT2D eigenvalue weighted by Crippen LogP contribution is 2.38. The third-order valence-electron chi connectivity index (χ3n) is 6.07. The van der Waals surface area contributed by atoms with Gasteiger partial charge < -0.3 is 5.11 Å². The summed E-state index contributed by atoms with van der Waals surface area (Å²) in [6.45, 7) is -0.273. The van der Waals surface area contributed by atoms with Gasteiger partial charge in [-0.15, -0.1) is 0 Å². The van der Waals surface area contributed by atoms with E-state index in [1.54, 1.807) is 46.0 Å². The van der Waals surface area contributed by atoms with Crippen molar-refractivity contribution >= 4 is 18.0 Å². The molecular formula is C27H24F3N4O2PS. The highest BCUT2D eigenvalue weighted by atomic mass is 32.8. The van der Waals surface area contributed by atoms with Crippen LogP contribution in [0, 0.1) is 0 Å². The quantitative estimate of drug-likeness (QED) is 0.208. The van der Waals surface area contributed by atoms with E-state index in [0.29, 0.717) is 17.2 Å². The number of hydrogen-bond acceptors (Lipinski definition) is 4. The van der Waals surface area contributed by atoms with Gasteiger partial charge in [0, 0.05) is 22.3 Å². The molecule has 11 heteroatoms. The lowest BCUT2D eigenvalue weighted by Gasteiger charge is -2.15. The van der Waals surface area contributed by atoms with Crippen LogP contribution in [0.5, 0.6) is 0 Å². The molecule has 1 unspecified atom stereocenters. The van der Waals surface area contributed by atoms with Gasteiger partial charge in [0.15, 0.2) is 5.82 Å². The summed E-state index contributed by atoms with van der Waals surface area (Å²) < 4.78 is 57.4. The largest absolute Gasteiger partial charge is 0.417 e. The number of alkyl halides is 3. The molecule has 5 aromatic rings. The maximum absolute atomic E-state index is 13.9. The van der Waals surface area contributed by atoms with Crippen molar-refractivity contribution in [2.45, 2.75) is 17.7 Å². The number of halogens is 3. The summed E-state index contributed by atoms with van der Waals surface area (Å²) in [4.78, 5) is 9.36. The Bertz CT molecular complexity index is 1660. The van der Waals surface area contributed by atoms with Crippen LogP contribution in [0.15, 0.2) is 96.4 Å². The minimum Gasteiger partial charge on any atom is -0.390 e. The molecule has 0 aliphatic carbocycles. The van der Waals surface area contributed by atoms with Gasteiger partial charge in [0.2, 0.25) is 0 Å². The van der Waals surface area contributed by atoms with E-state index in [1.807, 2.05) is 36.4 Å². The molecule has 38 heavy (non-hydrogen) atoms. The molecule has 0 bridgehead atoms. The van der Waals surface area contributed by atoms with E-state index in [0.717, 1.165) is 22.1 Å². The molecule has 1 atom stereocenters. The van der Waals surface area contributed by atoms with E-state index >= 15 is 0 Å². The third kappa shape index (κ3) is 5.20. The van der Waals surface area contributed by atoms with Gasteiger partial charge in [-0.25, -0.2) is 9.97 Å². The number of nitrogens with zero attached hydrogens (tertiary/aromatic N) is 4. The van der Waals surface area contributed by atoms with Crippen molar-refractivity contribution in [3.05, 3.63) is 103 Å². The first-order valence-electron chi connectivity index (χ1n) is 11.5. The summed E-state index contributed by atoms with van der Waals surface area (Å²) in [5, 5.41) is 9.38. The topological polar surface area (TPSA) is 72.9 Å². The van der Waals surface area contributed by atoms with Crippen LogP contribution in [0.3, 0.4) is 0 Å². The third-order valence-corrected chi connectivity index (χ3v) is 8.26. The normalized spacial score (nSPS) is 12.6. The van der Waals surface area contributed by atoms with Crippen LogP contribution in [0.4, 0.5) is 13.2 Å². The van der Waals surface area contributed by atoms with Gasteiger partial charge in [-0.05, 0) is 47.7 Å². The second-order valence-corrected chi connectivity index (χ2v) is 14.3. The van der Waals surface area contributed by atoms with Crippen LogP contribution < -0.4 is 0 Å². The Morgan fingerprint density at radius 3 is 2.37 bits per heavy atom. The number of benzene rings is 3. The smallest absolute Gasteiger partial charge is 0.390 e. The van der Waals surface area contributed by atoms with Crippen LogP contribution in [0.25, 0.3) is 34.0 Å². The Morgan fingerprint density at radius 1 is 0.974 bits per heavy atom. The summed E-state index contributed by atoms with van der Waals surface area (Å²) >= 11 is 0. The lowest BCUT2D eigenvalue weighted by atomic mass is 10.0. The molecule has 196 valence electrons. The molecule has 3 aromatic carbocycles. The van der Waals surface area contributed by atoms with Crippen molar-refractivity contribution in [1.82, 2.24) is 19.1 Å². The van der Waals surface area contributed by atoms with E-state index in [2.05, 4.69) is 18.4 Å². The van der Waals surface area contributed by atoms with Gasteiger partial charge >= 0.3 is 6.18 Å². The molecule has 5 rings (SSSR count). The second-order valence-electron chi connectivity index (χ2n) is 8.85. The number of aromatic nitrogens is 4. The molecule has 0 fully saturated rings. The Kier molecular flexibility index (Phi) is 6.81. The van der Waals surface area contributed by atoms with Crippen LogP contribution in [-0.4, -0.2) is 34.7 Å². The lowest BCUT2D eigenvalue weighted by molar-refractivity contribution is -0.137. The predicted molar refractivity (Wildman–Crippen MR) is 146 cm³/mol. The van der Waals surface area contributed by atoms with Crippen molar-refractivity contribution in [3.63, 3.8) is 0 Å². The monoisotopic (exact) mass is 556 g/mol. The molecule has 6 nitrogen and oxygen atoms in total. The molecule has 0 saturated carbocycles. The van der Waals surface area contributed by atoms with E-state index < -0.39 is 21.3 Å². The minimum absolute atomic E-state index is 0.0651. The van der Waals surface area contributed by atoms with E-state index in [9.17, 15) is 22.5 Å². The van der Waals surface area contributed by atoms with Gasteiger partial charge in [-0.3, -0.25) is 13.3 Å². The fourth-order valence-corrected chi connectivity index (χ4v) is 5.41. The van der Waals surface area contributed by atoms with Gasteiger partial charge in [0.25, 0.3) is 0 Å². The first-order valence-corrected chi connectivity index (χ1v) is 15.3. The number of aliphatic hydroxyl groups excluding tert-OH is 1. The van der Waals surface area contributed by atoms with Crippen LogP contribution in [0.2, 0.25) is 0 Å². The molecule has 2 aromatic heterocycles. The second kappa shape index (κ2) is 9.94. The van der Waals surface area contributed by atoms with Gasteiger partial charge in [-0.2, -0.15) is 13.2 Å². The van der Waals surface area contributed by atoms with Crippen LogP contribution in [-0.2, 0) is 22.3 Å². The maximum Gasteiger partial charge on any atom is 0.417 e. The molecule has 0 radical (unpaired) electrons. The molecule has 0 aliphatic rings. The zero-order valence-corrected chi connectivity index (χ0v) is 22.2. The molecule has 0 aliphatic heterocycles. The average molecular weight is 557 g/mol. The Balaban J connectivity index is 1.63. The van der Waals surface area contributed by atoms with E-state index in [1.165, 1.54) is 18.5 Å². The van der Waals surface area contributed by atoms with Crippen molar-refractivity contribution in [3.8, 4) is 34.0 Å². The fourth-order valence-electron chi connectivity index (χ4n) is 4.15. The van der Waals surface area contributed by atoms with Crippen LogP contribution >= 0.6 is 8.44 Å². The first-order chi connectivity index (χ1) is 18.0. The Morgan fingerprint density at radius 2 is 1.71 bits per heavy atom. The summed E-state index contributed by atoms with van der Waals surface area (Å²) in [5.74, 6) is 0.456. The molecule has 0 spiro atoms. The van der Waals surface area contributed by atoms with Gasteiger partial charge in [0.05, 0.1) is 24.1 Å². The lowest BCUT2D eigenvalue weighted by Crippen LogP contribution is -2.09. The summed E-state index contributed by atoms with van der Waals surface area (Å²) in [6.07, 6.45) is 1.76.